The number of alkyl carbamates (subject to hydrolysis) is 1. The Morgan fingerprint density at radius 2 is 1.66 bits per heavy atom. The molecule has 3 N–H and O–H groups in total. The Hall–Kier alpha value is -4.46. The van der Waals surface area contributed by atoms with E-state index in [0.29, 0.717) is 5.56 Å². The smallest absolute Gasteiger partial charge is 0.408 e. The van der Waals surface area contributed by atoms with Gasteiger partial charge in [0.1, 0.15) is 19.3 Å². The van der Waals surface area contributed by atoms with Crippen LogP contribution < -0.4 is 10.6 Å². The monoisotopic (exact) mass is 545 g/mol. The Kier molecular flexibility index (Phi) is 9.76. The van der Waals surface area contributed by atoms with Gasteiger partial charge in [0.25, 0.3) is 11.5 Å². The number of carboxylic acid groups (broad SMARTS) is 1. The molecule has 0 spiro atoms. The molecule has 38 heavy (non-hydrogen) atoms. The molecule has 1 heterocycles. The first-order chi connectivity index (χ1) is 18.1. The average Bonchev–Trinajstić information content (AvgIpc) is 2.90. The van der Waals surface area contributed by atoms with E-state index >= 15 is 0 Å². The molecular formula is C24H23N3O10S. The van der Waals surface area contributed by atoms with Gasteiger partial charge >= 0.3 is 18.0 Å². The first kappa shape index (κ1) is 28.1. The maximum atomic E-state index is 12.6. The molecule has 0 radical (unpaired) electrons. The quantitative estimate of drug-likeness (QED) is 0.109. The predicted molar refractivity (Wildman–Crippen MR) is 132 cm³/mol. The molecule has 13 nitrogen and oxygen atoms in total. The van der Waals surface area contributed by atoms with E-state index in [1.54, 1.807) is 24.3 Å². The number of nitro benzene ring substituents is 1. The molecule has 0 aliphatic carbocycles. The number of nitro groups is 1. The molecule has 0 saturated carbocycles. The van der Waals surface area contributed by atoms with Gasteiger partial charge in [-0.05, 0) is 23.3 Å². The van der Waals surface area contributed by atoms with Gasteiger partial charge in [-0.15, -0.1) is 11.8 Å². The highest BCUT2D eigenvalue weighted by Crippen LogP contribution is 2.22. The van der Waals surface area contributed by atoms with Crippen molar-refractivity contribution in [3.63, 3.8) is 0 Å². The Balaban J connectivity index is 1.50. The van der Waals surface area contributed by atoms with Crippen molar-refractivity contribution in [1.29, 1.82) is 0 Å². The van der Waals surface area contributed by atoms with Crippen molar-refractivity contribution >= 4 is 47.2 Å². The third kappa shape index (κ3) is 8.03. The number of non-ortho nitro benzene ring substituents is 1. The average molecular weight is 546 g/mol. The van der Waals surface area contributed by atoms with E-state index in [2.05, 4.69) is 10.6 Å². The van der Waals surface area contributed by atoms with Gasteiger partial charge in [-0.25, -0.2) is 9.59 Å². The zero-order valence-electron chi connectivity index (χ0n) is 19.7. The van der Waals surface area contributed by atoms with E-state index in [-0.39, 0.29) is 24.7 Å². The minimum Gasteiger partial charge on any atom is -0.481 e. The van der Waals surface area contributed by atoms with Crippen molar-refractivity contribution in [3.05, 3.63) is 75.8 Å². The molecule has 200 valence electrons. The number of amides is 2. The second-order valence-electron chi connectivity index (χ2n) is 8.08. The van der Waals surface area contributed by atoms with Crippen LogP contribution in [0.5, 0.6) is 0 Å². The molecule has 2 aromatic rings. The van der Waals surface area contributed by atoms with Gasteiger partial charge in [-0.2, -0.15) is 0 Å². The molecule has 3 atom stereocenters. The maximum absolute atomic E-state index is 12.6. The van der Waals surface area contributed by atoms with Crippen LogP contribution in [0.2, 0.25) is 0 Å². The lowest BCUT2D eigenvalue weighted by molar-refractivity contribution is -0.384. The second-order valence-corrected chi connectivity index (χ2v) is 9.32. The number of benzene rings is 2. The van der Waals surface area contributed by atoms with Crippen LogP contribution in [0.1, 0.15) is 17.5 Å². The summed E-state index contributed by atoms with van der Waals surface area (Å²) >= 11 is 0.827. The summed E-state index contributed by atoms with van der Waals surface area (Å²) in [5, 5.41) is 23.6. The van der Waals surface area contributed by atoms with E-state index in [1.165, 1.54) is 24.3 Å². The summed E-state index contributed by atoms with van der Waals surface area (Å²) in [6.45, 7) is -0.347. The third-order valence-electron chi connectivity index (χ3n) is 5.35. The fourth-order valence-corrected chi connectivity index (χ4v) is 4.53. The Labute approximate surface area is 220 Å². The number of hydrogen-bond donors (Lipinski definition) is 3. The molecule has 1 fully saturated rings. The minimum atomic E-state index is -1.32. The number of ether oxygens (including phenoxy) is 2. The molecule has 1 aliphatic rings. The summed E-state index contributed by atoms with van der Waals surface area (Å²) in [5.74, 6) is -4.13. The van der Waals surface area contributed by atoms with E-state index in [4.69, 9.17) is 9.47 Å². The van der Waals surface area contributed by atoms with Crippen LogP contribution in [0, 0.1) is 10.1 Å². The number of rotatable bonds is 13. The molecular weight excluding hydrogens is 522 g/mol. The molecule has 1 aliphatic heterocycles. The topological polar surface area (TPSA) is 191 Å². The number of β-lactam (4-membered cyclic amide) rings is 1. The number of aliphatic carboxylic acids is 1. The van der Waals surface area contributed by atoms with Crippen molar-refractivity contribution in [3.8, 4) is 0 Å². The molecule has 14 heteroatoms. The predicted octanol–water partition coefficient (Wildman–Crippen LogP) is 1.58. The van der Waals surface area contributed by atoms with Gasteiger partial charge in [-0.3, -0.25) is 24.5 Å². The van der Waals surface area contributed by atoms with Crippen LogP contribution in [-0.2, 0) is 41.9 Å². The Bertz CT molecular complexity index is 1210. The fraction of sp³-hybridized carbons (Fsp3) is 0.292. The first-order valence-electron chi connectivity index (χ1n) is 11.2. The molecule has 0 bridgehead atoms. The van der Waals surface area contributed by atoms with Crippen LogP contribution in [0.15, 0.2) is 54.6 Å². The highest BCUT2D eigenvalue weighted by atomic mass is 32.2. The van der Waals surface area contributed by atoms with E-state index in [9.17, 15) is 39.2 Å². The van der Waals surface area contributed by atoms with Gasteiger partial charge in [0.05, 0.1) is 22.6 Å². The third-order valence-corrected chi connectivity index (χ3v) is 6.68. The lowest BCUT2D eigenvalue weighted by Gasteiger charge is -2.37. The SMILES string of the molecule is O=C(O)CC(SC[C@H]1NC(=O)[C@H]1NC(=O)OCc1ccccc1)C(=O)C(=O)OCc1ccc([N+](=O)[O-])cc1. The van der Waals surface area contributed by atoms with Crippen molar-refractivity contribution in [2.24, 2.45) is 0 Å². The lowest BCUT2D eigenvalue weighted by Crippen LogP contribution is -2.70. The van der Waals surface area contributed by atoms with Gasteiger partial charge in [0.15, 0.2) is 0 Å². The zero-order chi connectivity index (χ0) is 27.7. The summed E-state index contributed by atoms with van der Waals surface area (Å²) in [4.78, 5) is 70.3. The molecule has 1 unspecified atom stereocenters. The number of ketones is 1. The molecule has 1 saturated heterocycles. The summed E-state index contributed by atoms with van der Waals surface area (Å²) in [7, 11) is 0. The first-order valence-corrected chi connectivity index (χ1v) is 12.2. The number of nitrogens with one attached hydrogen (secondary N) is 2. The largest absolute Gasteiger partial charge is 0.481 e. The van der Waals surface area contributed by atoms with Crippen LogP contribution >= 0.6 is 11.8 Å². The number of esters is 1. The second kappa shape index (κ2) is 13.2. The minimum absolute atomic E-state index is 0.00238. The van der Waals surface area contributed by atoms with Gasteiger partial charge in [0.2, 0.25) is 5.91 Å². The number of Topliss-reactive ketones (excluding diaryl/α,β-unsaturated/α-hetero) is 1. The van der Waals surface area contributed by atoms with Crippen molar-refractivity contribution < 1.29 is 43.5 Å². The number of carbonyl (C=O) groups excluding carboxylic acids is 4. The number of hydrogen-bond acceptors (Lipinski definition) is 10. The fourth-order valence-electron chi connectivity index (χ4n) is 3.31. The summed E-state index contributed by atoms with van der Waals surface area (Å²) in [5.41, 5.74) is 0.988. The summed E-state index contributed by atoms with van der Waals surface area (Å²) < 4.78 is 10.0. The van der Waals surface area contributed by atoms with E-state index in [1.807, 2.05) is 6.07 Å². The standard InChI is InChI=1S/C24H23N3O10S/c28-19(29)10-18(21(30)23(32)36-11-15-6-8-16(9-7-15)27(34)35)38-13-17-20(22(31)25-17)26-24(33)37-12-14-4-2-1-3-5-14/h1-9,17-18,20H,10-13H2,(H,25,31)(H,26,33)(H,28,29)/t17-,18?,20+/m1/s1. The molecule has 2 amide bonds. The van der Waals surface area contributed by atoms with Crippen molar-refractivity contribution in [2.75, 3.05) is 5.75 Å². The number of nitrogens with zero attached hydrogens (tertiary/aromatic N) is 1. The normalized spacial score (nSPS) is 16.8. The Morgan fingerprint density at radius 1 is 1.03 bits per heavy atom. The summed E-state index contributed by atoms with van der Waals surface area (Å²) in [6, 6.07) is 12.5. The highest BCUT2D eigenvalue weighted by molar-refractivity contribution is 8.00. The van der Waals surface area contributed by atoms with Crippen molar-refractivity contribution in [2.45, 2.75) is 37.0 Å². The van der Waals surface area contributed by atoms with E-state index in [0.717, 1.165) is 17.3 Å². The molecule has 2 aromatic carbocycles. The van der Waals surface area contributed by atoms with Crippen LogP contribution in [-0.4, -0.2) is 62.8 Å². The van der Waals surface area contributed by atoms with Crippen LogP contribution in [0.25, 0.3) is 0 Å². The number of carbonyl (C=O) groups is 5. The number of carboxylic acids is 1. The molecule has 3 rings (SSSR count). The van der Waals surface area contributed by atoms with Crippen LogP contribution in [0.4, 0.5) is 10.5 Å². The number of thioether (sulfide) groups is 1. The lowest BCUT2D eigenvalue weighted by atomic mass is 10.0. The van der Waals surface area contributed by atoms with Gasteiger partial charge in [-0.1, -0.05) is 30.3 Å². The maximum Gasteiger partial charge on any atom is 0.408 e. The zero-order valence-corrected chi connectivity index (χ0v) is 20.6. The van der Waals surface area contributed by atoms with E-state index < -0.39 is 58.4 Å². The van der Waals surface area contributed by atoms with Gasteiger partial charge < -0.3 is 25.2 Å². The molecule has 0 aromatic heterocycles. The van der Waals surface area contributed by atoms with Crippen LogP contribution in [0.3, 0.4) is 0 Å². The highest BCUT2D eigenvalue weighted by Gasteiger charge is 2.42. The summed E-state index contributed by atoms with van der Waals surface area (Å²) in [6.07, 6.45) is -1.50. The Morgan fingerprint density at radius 3 is 2.26 bits per heavy atom. The van der Waals surface area contributed by atoms with Gasteiger partial charge in [0, 0.05) is 17.9 Å². The van der Waals surface area contributed by atoms with Crippen molar-refractivity contribution in [1.82, 2.24) is 10.6 Å².